The third-order valence-corrected chi connectivity index (χ3v) is 2.17. The largest absolute Gasteiger partial charge is 0.394 e. The zero-order valence-electron chi connectivity index (χ0n) is 8.31. The highest BCUT2D eigenvalue weighted by Crippen LogP contribution is 2.24. The van der Waals surface area contributed by atoms with E-state index < -0.39 is 17.5 Å². The van der Waals surface area contributed by atoms with Gasteiger partial charge < -0.3 is 0 Å². The number of alkyl halides is 3. The van der Waals surface area contributed by atoms with E-state index in [0.29, 0.717) is 0 Å². The second kappa shape index (κ2) is 3.72. The Balaban J connectivity index is 2.55. The Hall–Kier alpha value is -2.12. The SMILES string of the molecule is O=[N+]([O-])c1cccn2c(CC(F)(F)F)cnc12. The molecule has 0 aromatic carbocycles. The van der Waals surface area contributed by atoms with Crippen LogP contribution in [0.5, 0.6) is 0 Å². The molecular weight excluding hydrogens is 239 g/mol. The number of fused-ring (bicyclic) bond motifs is 1. The van der Waals surface area contributed by atoms with Crippen molar-refractivity contribution in [2.75, 3.05) is 0 Å². The van der Waals surface area contributed by atoms with Crippen molar-refractivity contribution < 1.29 is 18.1 Å². The van der Waals surface area contributed by atoms with Gasteiger partial charge in [-0.2, -0.15) is 13.2 Å². The van der Waals surface area contributed by atoms with Crippen LogP contribution in [0.15, 0.2) is 24.5 Å². The molecule has 2 heterocycles. The molecule has 0 unspecified atom stereocenters. The zero-order chi connectivity index (χ0) is 12.6. The Labute approximate surface area is 92.6 Å². The second-order valence-electron chi connectivity index (χ2n) is 3.39. The molecule has 8 heteroatoms. The molecule has 0 atom stereocenters. The van der Waals surface area contributed by atoms with E-state index in [-0.39, 0.29) is 17.0 Å². The summed E-state index contributed by atoms with van der Waals surface area (Å²) in [6, 6.07) is 2.51. The molecule has 0 saturated heterocycles. The third-order valence-electron chi connectivity index (χ3n) is 2.17. The topological polar surface area (TPSA) is 60.4 Å². The molecule has 0 fully saturated rings. The van der Waals surface area contributed by atoms with E-state index in [4.69, 9.17) is 0 Å². The molecule has 0 spiro atoms. The van der Waals surface area contributed by atoms with Gasteiger partial charge in [-0.3, -0.25) is 14.5 Å². The molecule has 0 bridgehead atoms. The van der Waals surface area contributed by atoms with Gasteiger partial charge in [0.25, 0.3) is 0 Å². The summed E-state index contributed by atoms with van der Waals surface area (Å²) in [4.78, 5) is 13.6. The maximum Gasteiger partial charge on any atom is 0.394 e. The summed E-state index contributed by atoms with van der Waals surface area (Å²) in [6.45, 7) is 0. The molecule has 0 radical (unpaired) electrons. The van der Waals surface area contributed by atoms with E-state index in [0.717, 1.165) is 10.6 Å². The molecule has 0 saturated carbocycles. The molecule has 2 aromatic heterocycles. The summed E-state index contributed by atoms with van der Waals surface area (Å²) in [6.07, 6.45) is -3.23. The van der Waals surface area contributed by atoms with Gasteiger partial charge in [0.05, 0.1) is 17.0 Å². The van der Waals surface area contributed by atoms with E-state index in [1.54, 1.807) is 0 Å². The summed E-state index contributed by atoms with van der Waals surface area (Å²) < 4.78 is 37.8. The van der Waals surface area contributed by atoms with Crippen molar-refractivity contribution in [2.24, 2.45) is 0 Å². The fourth-order valence-corrected chi connectivity index (χ4v) is 1.53. The second-order valence-corrected chi connectivity index (χ2v) is 3.39. The molecular formula is C9H6F3N3O2. The quantitative estimate of drug-likeness (QED) is 0.602. The average Bonchev–Trinajstić information content (AvgIpc) is 2.59. The molecule has 0 aliphatic rings. The van der Waals surface area contributed by atoms with E-state index in [1.165, 1.54) is 18.3 Å². The molecule has 90 valence electrons. The number of rotatable bonds is 2. The fraction of sp³-hybridized carbons (Fsp3) is 0.222. The number of halogens is 3. The van der Waals surface area contributed by atoms with E-state index in [2.05, 4.69) is 4.98 Å². The molecule has 0 aliphatic heterocycles. The highest BCUT2D eigenvalue weighted by Gasteiger charge is 2.30. The van der Waals surface area contributed by atoms with Crippen LogP contribution in [0.4, 0.5) is 18.9 Å². The number of nitro groups is 1. The number of pyridine rings is 1. The Morgan fingerprint density at radius 2 is 2.18 bits per heavy atom. The van der Waals surface area contributed by atoms with Gasteiger partial charge in [-0.05, 0) is 6.07 Å². The van der Waals surface area contributed by atoms with Gasteiger partial charge in [0, 0.05) is 18.5 Å². The maximum absolute atomic E-state index is 12.2. The molecule has 17 heavy (non-hydrogen) atoms. The number of nitrogens with zero attached hydrogens (tertiary/aromatic N) is 3. The standard InChI is InChI=1S/C9H6F3N3O2/c10-9(11,12)4-6-5-13-8-7(15(16)17)2-1-3-14(6)8/h1-3,5H,4H2. The van der Waals surface area contributed by atoms with Crippen LogP contribution in [-0.4, -0.2) is 20.5 Å². The highest BCUT2D eigenvalue weighted by atomic mass is 19.4. The Kier molecular flexibility index (Phi) is 2.49. The molecule has 0 amide bonds. The molecule has 0 aliphatic carbocycles. The van der Waals surface area contributed by atoms with Crippen molar-refractivity contribution >= 4 is 11.3 Å². The van der Waals surface area contributed by atoms with Gasteiger partial charge in [-0.25, -0.2) is 4.98 Å². The number of imidazole rings is 1. The summed E-state index contributed by atoms with van der Waals surface area (Å²) in [5.74, 6) is 0. The summed E-state index contributed by atoms with van der Waals surface area (Å²) >= 11 is 0. The van der Waals surface area contributed by atoms with Gasteiger partial charge in [0.15, 0.2) is 0 Å². The van der Waals surface area contributed by atoms with Gasteiger partial charge in [0.1, 0.15) is 0 Å². The van der Waals surface area contributed by atoms with E-state index in [9.17, 15) is 23.3 Å². The first kappa shape index (κ1) is 11.4. The summed E-state index contributed by atoms with van der Waals surface area (Å²) in [5.41, 5.74) is -0.533. The van der Waals surface area contributed by atoms with Crippen molar-refractivity contribution in [2.45, 2.75) is 12.6 Å². The minimum absolute atomic E-state index is 0.0863. The van der Waals surface area contributed by atoms with Crippen molar-refractivity contribution in [1.82, 2.24) is 9.38 Å². The molecule has 5 nitrogen and oxygen atoms in total. The zero-order valence-corrected chi connectivity index (χ0v) is 8.31. The van der Waals surface area contributed by atoms with E-state index >= 15 is 0 Å². The number of hydrogen-bond acceptors (Lipinski definition) is 3. The highest BCUT2D eigenvalue weighted by molar-refractivity contribution is 5.59. The lowest BCUT2D eigenvalue weighted by atomic mass is 10.3. The normalized spacial score (nSPS) is 11.9. The summed E-state index contributed by atoms with van der Waals surface area (Å²) in [7, 11) is 0. The van der Waals surface area contributed by atoms with Crippen LogP contribution in [0.1, 0.15) is 5.69 Å². The van der Waals surface area contributed by atoms with Crippen molar-refractivity contribution in [3.8, 4) is 0 Å². The lowest BCUT2D eigenvalue weighted by molar-refractivity contribution is -0.383. The Bertz CT molecular complexity index is 576. The van der Waals surface area contributed by atoms with Crippen LogP contribution in [0.2, 0.25) is 0 Å². The first-order valence-corrected chi connectivity index (χ1v) is 4.54. The van der Waals surface area contributed by atoms with Gasteiger partial charge in [0.2, 0.25) is 5.65 Å². The predicted octanol–water partition coefficient (Wildman–Crippen LogP) is 2.35. The van der Waals surface area contributed by atoms with Crippen LogP contribution >= 0.6 is 0 Å². The summed E-state index contributed by atoms with van der Waals surface area (Å²) in [5, 5.41) is 10.6. The van der Waals surface area contributed by atoms with E-state index in [1.807, 2.05) is 0 Å². The first-order valence-electron chi connectivity index (χ1n) is 4.54. The number of aromatic nitrogens is 2. The van der Waals surface area contributed by atoms with Crippen LogP contribution in [0.3, 0.4) is 0 Å². The average molecular weight is 245 g/mol. The molecule has 2 rings (SSSR count). The van der Waals surface area contributed by atoms with Crippen molar-refractivity contribution in [1.29, 1.82) is 0 Å². The van der Waals surface area contributed by atoms with Crippen LogP contribution in [-0.2, 0) is 6.42 Å². The Morgan fingerprint density at radius 1 is 1.47 bits per heavy atom. The lowest BCUT2D eigenvalue weighted by Gasteiger charge is -2.05. The predicted molar refractivity (Wildman–Crippen MR) is 51.6 cm³/mol. The maximum atomic E-state index is 12.2. The van der Waals surface area contributed by atoms with Crippen LogP contribution in [0.25, 0.3) is 5.65 Å². The first-order chi connectivity index (χ1) is 7.88. The fourth-order valence-electron chi connectivity index (χ4n) is 1.53. The van der Waals surface area contributed by atoms with Crippen LogP contribution < -0.4 is 0 Å². The minimum atomic E-state index is -4.37. The third kappa shape index (κ3) is 2.19. The smallest absolute Gasteiger partial charge is 0.298 e. The van der Waals surface area contributed by atoms with Gasteiger partial charge in [-0.1, -0.05) is 0 Å². The minimum Gasteiger partial charge on any atom is -0.298 e. The Morgan fingerprint density at radius 3 is 2.76 bits per heavy atom. The lowest BCUT2D eigenvalue weighted by Crippen LogP contribution is -2.13. The molecule has 2 aromatic rings. The molecule has 0 N–H and O–H groups in total. The van der Waals surface area contributed by atoms with Crippen molar-refractivity contribution in [3.05, 3.63) is 40.3 Å². The van der Waals surface area contributed by atoms with Crippen LogP contribution in [0, 0.1) is 10.1 Å². The van der Waals surface area contributed by atoms with Gasteiger partial charge >= 0.3 is 11.9 Å². The monoisotopic (exact) mass is 245 g/mol. The van der Waals surface area contributed by atoms with Crippen molar-refractivity contribution in [3.63, 3.8) is 0 Å². The number of hydrogen-bond donors (Lipinski definition) is 0. The van der Waals surface area contributed by atoms with Gasteiger partial charge in [-0.15, -0.1) is 0 Å².